The largest absolute Gasteiger partial charge is 0.368 e. The Hall–Kier alpha value is -1.61. The Bertz CT molecular complexity index is 494. The summed E-state index contributed by atoms with van der Waals surface area (Å²) in [7, 11) is 0. The fourth-order valence-corrected chi connectivity index (χ4v) is 2.02. The molecule has 0 bridgehead atoms. The minimum atomic E-state index is 0.206. The minimum Gasteiger partial charge on any atom is -0.368 e. The Morgan fingerprint density at radius 1 is 1.18 bits per heavy atom. The number of fused-ring (bicyclic) bond motifs is 1. The van der Waals surface area contributed by atoms with Crippen molar-refractivity contribution < 1.29 is 0 Å². The number of rotatable bonds is 4. The number of nitrogens with one attached hydrogen (secondary N) is 1. The molecule has 3 nitrogen and oxygen atoms in total. The van der Waals surface area contributed by atoms with E-state index in [0.29, 0.717) is 6.04 Å². The molecule has 0 amide bonds. The van der Waals surface area contributed by atoms with Crippen LogP contribution in [-0.4, -0.2) is 17.1 Å². The molecular weight excluding hydrogens is 210 g/mol. The minimum absolute atomic E-state index is 0.206. The SMILES string of the molecule is CC(N)CC(C)Nc1ccc2ccccc2n1. The number of hydrogen-bond acceptors (Lipinski definition) is 3. The number of pyridine rings is 1. The zero-order valence-electron chi connectivity index (χ0n) is 10.4. The molecule has 3 heteroatoms. The van der Waals surface area contributed by atoms with Gasteiger partial charge >= 0.3 is 0 Å². The maximum atomic E-state index is 5.78. The van der Waals surface area contributed by atoms with Gasteiger partial charge < -0.3 is 11.1 Å². The Balaban J connectivity index is 2.14. The molecule has 0 saturated heterocycles. The summed E-state index contributed by atoms with van der Waals surface area (Å²) in [5, 5.41) is 4.54. The molecule has 90 valence electrons. The molecule has 0 aliphatic heterocycles. The lowest BCUT2D eigenvalue weighted by Crippen LogP contribution is -2.26. The van der Waals surface area contributed by atoms with Gasteiger partial charge in [0.05, 0.1) is 5.52 Å². The second kappa shape index (κ2) is 5.15. The van der Waals surface area contributed by atoms with Crippen molar-refractivity contribution in [3.8, 4) is 0 Å². The Kier molecular flexibility index (Phi) is 3.59. The van der Waals surface area contributed by atoms with Crippen LogP contribution in [0.3, 0.4) is 0 Å². The first kappa shape index (κ1) is 11.9. The van der Waals surface area contributed by atoms with Crippen LogP contribution in [0.5, 0.6) is 0 Å². The zero-order chi connectivity index (χ0) is 12.3. The van der Waals surface area contributed by atoms with Crippen molar-refractivity contribution in [1.29, 1.82) is 0 Å². The highest BCUT2D eigenvalue weighted by Gasteiger charge is 2.06. The van der Waals surface area contributed by atoms with E-state index < -0.39 is 0 Å². The van der Waals surface area contributed by atoms with Crippen LogP contribution in [0.1, 0.15) is 20.3 Å². The normalized spacial score (nSPS) is 14.5. The third kappa shape index (κ3) is 3.17. The van der Waals surface area contributed by atoms with Crippen molar-refractivity contribution in [1.82, 2.24) is 4.98 Å². The fourth-order valence-electron chi connectivity index (χ4n) is 2.02. The quantitative estimate of drug-likeness (QED) is 0.847. The first-order chi connectivity index (χ1) is 8.15. The molecule has 1 heterocycles. The summed E-state index contributed by atoms with van der Waals surface area (Å²) in [6.45, 7) is 4.15. The number of anilines is 1. The van der Waals surface area contributed by atoms with E-state index in [-0.39, 0.29) is 6.04 Å². The van der Waals surface area contributed by atoms with Crippen LogP contribution in [0.25, 0.3) is 10.9 Å². The van der Waals surface area contributed by atoms with Crippen LogP contribution >= 0.6 is 0 Å². The van der Waals surface area contributed by atoms with Crippen LogP contribution < -0.4 is 11.1 Å². The van der Waals surface area contributed by atoms with E-state index in [0.717, 1.165) is 23.1 Å². The van der Waals surface area contributed by atoms with Gasteiger partial charge in [-0.05, 0) is 38.5 Å². The molecule has 0 saturated carbocycles. The van der Waals surface area contributed by atoms with Gasteiger partial charge in [0.2, 0.25) is 0 Å². The van der Waals surface area contributed by atoms with Crippen LogP contribution in [0.15, 0.2) is 36.4 Å². The number of aromatic nitrogens is 1. The molecule has 0 radical (unpaired) electrons. The first-order valence-corrected chi connectivity index (χ1v) is 6.03. The first-order valence-electron chi connectivity index (χ1n) is 6.03. The van der Waals surface area contributed by atoms with Crippen LogP contribution in [0.2, 0.25) is 0 Å². The summed E-state index contributed by atoms with van der Waals surface area (Å²) in [4.78, 5) is 4.57. The van der Waals surface area contributed by atoms with E-state index >= 15 is 0 Å². The summed E-state index contributed by atoms with van der Waals surface area (Å²) >= 11 is 0. The predicted molar refractivity (Wildman–Crippen MR) is 73.1 cm³/mol. The Morgan fingerprint density at radius 3 is 2.71 bits per heavy atom. The van der Waals surface area contributed by atoms with Crippen molar-refractivity contribution in [3.63, 3.8) is 0 Å². The molecule has 1 aromatic carbocycles. The van der Waals surface area contributed by atoms with E-state index in [2.05, 4.69) is 29.4 Å². The van der Waals surface area contributed by atoms with E-state index in [1.807, 2.05) is 31.2 Å². The smallest absolute Gasteiger partial charge is 0.126 e. The summed E-state index contributed by atoms with van der Waals surface area (Å²) in [5.41, 5.74) is 6.80. The molecule has 1 aromatic heterocycles. The van der Waals surface area contributed by atoms with E-state index in [9.17, 15) is 0 Å². The van der Waals surface area contributed by atoms with Crippen molar-refractivity contribution in [3.05, 3.63) is 36.4 Å². The van der Waals surface area contributed by atoms with E-state index in [1.165, 1.54) is 0 Å². The summed E-state index contributed by atoms with van der Waals surface area (Å²) < 4.78 is 0. The van der Waals surface area contributed by atoms with Crippen LogP contribution in [0, 0.1) is 0 Å². The molecule has 3 N–H and O–H groups in total. The second-order valence-corrected chi connectivity index (χ2v) is 4.65. The van der Waals surface area contributed by atoms with Crippen LogP contribution in [0.4, 0.5) is 5.82 Å². The van der Waals surface area contributed by atoms with Crippen molar-refractivity contribution in [2.24, 2.45) is 5.73 Å². The highest BCUT2D eigenvalue weighted by atomic mass is 15.0. The lowest BCUT2D eigenvalue weighted by molar-refractivity contribution is 0.604. The van der Waals surface area contributed by atoms with E-state index in [1.54, 1.807) is 0 Å². The van der Waals surface area contributed by atoms with Gasteiger partial charge in [0.15, 0.2) is 0 Å². The Labute approximate surface area is 102 Å². The molecule has 17 heavy (non-hydrogen) atoms. The third-order valence-electron chi connectivity index (χ3n) is 2.72. The lowest BCUT2D eigenvalue weighted by Gasteiger charge is -2.16. The molecule has 2 atom stereocenters. The van der Waals surface area contributed by atoms with Gasteiger partial charge in [-0.3, -0.25) is 0 Å². The van der Waals surface area contributed by atoms with Gasteiger partial charge in [0, 0.05) is 17.5 Å². The molecule has 0 spiro atoms. The number of nitrogens with zero attached hydrogens (tertiary/aromatic N) is 1. The lowest BCUT2D eigenvalue weighted by atomic mass is 10.1. The number of benzene rings is 1. The van der Waals surface area contributed by atoms with Crippen molar-refractivity contribution >= 4 is 16.7 Å². The van der Waals surface area contributed by atoms with Crippen molar-refractivity contribution in [2.75, 3.05) is 5.32 Å². The van der Waals surface area contributed by atoms with Gasteiger partial charge in [-0.15, -0.1) is 0 Å². The number of hydrogen-bond donors (Lipinski definition) is 2. The molecule has 0 aliphatic rings. The molecule has 2 unspecified atom stereocenters. The van der Waals surface area contributed by atoms with Crippen molar-refractivity contribution in [2.45, 2.75) is 32.4 Å². The molecule has 2 aromatic rings. The molecule has 0 aliphatic carbocycles. The topological polar surface area (TPSA) is 50.9 Å². The Morgan fingerprint density at radius 2 is 1.94 bits per heavy atom. The maximum Gasteiger partial charge on any atom is 0.126 e. The van der Waals surface area contributed by atoms with Gasteiger partial charge in [-0.1, -0.05) is 18.2 Å². The van der Waals surface area contributed by atoms with Crippen LogP contribution in [-0.2, 0) is 0 Å². The zero-order valence-corrected chi connectivity index (χ0v) is 10.4. The van der Waals surface area contributed by atoms with Gasteiger partial charge in [0.1, 0.15) is 5.82 Å². The summed E-state index contributed by atoms with van der Waals surface area (Å²) in [6, 6.07) is 12.8. The maximum absolute atomic E-state index is 5.78. The third-order valence-corrected chi connectivity index (χ3v) is 2.72. The highest BCUT2D eigenvalue weighted by Crippen LogP contribution is 2.15. The number of para-hydroxylation sites is 1. The molecular formula is C14H19N3. The van der Waals surface area contributed by atoms with Gasteiger partial charge in [-0.2, -0.15) is 0 Å². The fraction of sp³-hybridized carbons (Fsp3) is 0.357. The second-order valence-electron chi connectivity index (χ2n) is 4.65. The average molecular weight is 229 g/mol. The highest BCUT2D eigenvalue weighted by molar-refractivity contribution is 5.80. The summed E-state index contributed by atoms with van der Waals surface area (Å²) in [5.74, 6) is 0.914. The van der Waals surface area contributed by atoms with E-state index in [4.69, 9.17) is 5.73 Å². The van der Waals surface area contributed by atoms with Gasteiger partial charge in [0.25, 0.3) is 0 Å². The number of nitrogens with two attached hydrogens (primary N) is 1. The standard InChI is InChI=1S/C14H19N3/c1-10(15)9-11(2)16-14-8-7-12-5-3-4-6-13(12)17-14/h3-8,10-11H,9,15H2,1-2H3,(H,16,17). The predicted octanol–water partition coefficient (Wildman–Crippen LogP) is 2.77. The summed E-state index contributed by atoms with van der Waals surface area (Å²) in [6.07, 6.45) is 0.939. The monoisotopic (exact) mass is 229 g/mol. The molecule has 2 rings (SSSR count). The molecule has 0 fully saturated rings. The van der Waals surface area contributed by atoms with Gasteiger partial charge in [-0.25, -0.2) is 4.98 Å². The average Bonchev–Trinajstić information content (AvgIpc) is 2.27.